The summed E-state index contributed by atoms with van der Waals surface area (Å²) in [5.74, 6) is -2.03. The SMILES string of the molecule is O=C(Cc1ccccc1)N/N=C\C12c3ccccc3C(c3ccccc31)[C@H]1C(=O)N(Cc3ccccc3)C(=O)[C@H]12. The lowest BCUT2D eigenvalue weighted by atomic mass is 9.47. The highest BCUT2D eigenvalue weighted by molar-refractivity contribution is 6.11. The number of nitrogens with zero attached hydrogens (tertiary/aromatic N) is 2. The summed E-state index contributed by atoms with van der Waals surface area (Å²) in [6.45, 7) is 0.228. The fourth-order valence-electron chi connectivity index (χ4n) is 7.06. The Morgan fingerprint density at radius 1 is 0.750 bits per heavy atom. The minimum absolute atomic E-state index is 0.154. The molecule has 196 valence electrons. The van der Waals surface area contributed by atoms with Crippen LogP contribution in [0.2, 0.25) is 0 Å². The van der Waals surface area contributed by atoms with Crippen LogP contribution in [0.5, 0.6) is 0 Å². The zero-order valence-corrected chi connectivity index (χ0v) is 21.7. The van der Waals surface area contributed by atoms with E-state index in [1.165, 1.54) is 4.90 Å². The third-order valence-corrected chi connectivity index (χ3v) is 8.62. The van der Waals surface area contributed by atoms with E-state index in [9.17, 15) is 14.4 Å². The van der Waals surface area contributed by atoms with Gasteiger partial charge in [-0.25, -0.2) is 5.43 Å². The van der Waals surface area contributed by atoms with Crippen molar-refractivity contribution in [3.8, 4) is 0 Å². The smallest absolute Gasteiger partial charge is 0.244 e. The number of carbonyl (C=O) groups excluding carboxylic acids is 3. The van der Waals surface area contributed by atoms with Crippen LogP contribution in [0.3, 0.4) is 0 Å². The average Bonchev–Trinajstić information content (AvgIpc) is 3.24. The van der Waals surface area contributed by atoms with Gasteiger partial charge in [0.15, 0.2) is 0 Å². The molecule has 1 aliphatic heterocycles. The number of imide groups is 1. The molecule has 4 aromatic rings. The van der Waals surface area contributed by atoms with Gasteiger partial charge in [-0.1, -0.05) is 109 Å². The van der Waals surface area contributed by atoms with Crippen LogP contribution in [-0.2, 0) is 32.8 Å². The molecule has 6 nitrogen and oxygen atoms in total. The lowest BCUT2D eigenvalue weighted by Crippen LogP contribution is -2.54. The molecule has 3 amide bonds. The van der Waals surface area contributed by atoms with Crippen molar-refractivity contribution in [1.29, 1.82) is 0 Å². The lowest BCUT2D eigenvalue weighted by molar-refractivity contribution is -0.140. The minimum Gasteiger partial charge on any atom is -0.278 e. The van der Waals surface area contributed by atoms with Crippen LogP contribution in [0.1, 0.15) is 39.3 Å². The zero-order chi connectivity index (χ0) is 27.3. The molecule has 6 heteroatoms. The highest BCUT2D eigenvalue weighted by Gasteiger charge is 2.67. The van der Waals surface area contributed by atoms with E-state index in [1.54, 1.807) is 6.21 Å². The Balaban J connectivity index is 1.33. The Hall–Kier alpha value is -4.84. The van der Waals surface area contributed by atoms with Gasteiger partial charge in [-0.05, 0) is 33.4 Å². The van der Waals surface area contributed by atoms with Gasteiger partial charge < -0.3 is 0 Å². The Morgan fingerprint density at radius 3 is 1.93 bits per heavy atom. The van der Waals surface area contributed by atoms with Gasteiger partial charge in [0.2, 0.25) is 17.7 Å². The second-order valence-electron chi connectivity index (χ2n) is 10.7. The fourth-order valence-corrected chi connectivity index (χ4v) is 7.06. The predicted octanol–water partition coefficient (Wildman–Crippen LogP) is 4.58. The molecule has 0 unspecified atom stereocenters. The third kappa shape index (κ3) is 3.56. The largest absolute Gasteiger partial charge is 0.278 e. The standard InChI is InChI=1S/C34H27N3O3/c38-28(19-22-11-3-1-4-12-22)36-35-21-34-26-17-9-7-15-24(26)29(25-16-8-10-18-27(25)34)30-31(34)33(40)37(32(30)39)20-23-13-5-2-6-14-23/h1-18,21,29-31H,19-20H2,(H,36,38)/b35-21-/t29?,30-,31+,34?/m1/s1. The van der Waals surface area contributed by atoms with Crippen molar-refractivity contribution < 1.29 is 14.4 Å². The van der Waals surface area contributed by atoms with Gasteiger partial charge in [0.25, 0.3) is 0 Å². The Kier molecular flexibility index (Phi) is 5.70. The molecule has 8 rings (SSSR count). The zero-order valence-electron chi connectivity index (χ0n) is 21.7. The summed E-state index contributed by atoms with van der Waals surface area (Å²) >= 11 is 0. The van der Waals surface area contributed by atoms with Crippen LogP contribution >= 0.6 is 0 Å². The number of rotatable bonds is 6. The summed E-state index contributed by atoms with van der Waals surface area (Å²) in [5, 5.41) is 4.48. The van der Waals surface area contributed by atoms with E-state index >= 15 is 0 Å². The fraction of sp³-hybridized carbons (Fsp3) is 0.176. The van der Waals surface area contributed by atoms with Crippen molar-refractivity contribution in [3.05, 3.63) is 143 Å². The van der Waals surface area contributed by atoms with Crippen LogP contribution in [0.15, 0.2) is 114 Å². The molecule has 3 aliphatic carbocycles. The highest BCUT2D eigenvalue weighted by atomic mass is 16.2. The molecule has 1 N–H and O–H groups in total. The first-order valence-electron chi connectivity index (χ1n) is 13.5. The molecule has 1 fully saturated rings. The Bertz CT molecular complexity index is 1620. The number of likely N-dealkylation sites (tertiary alicyclic amines) is 1. The van der Waals surface area contributed by atoms with Gasteiger partial charge in [-0.2, -0.15) is 5.10 Å². The molecule has 2 bridgehead atoms. The molecule has 2 atom stereocenters. The molecule has 4 aromatic carbocycles. The van der Waals surface area contributed by atoms with E-state index in [4.69, 9.17) is 0 Å². The van der Waals surface area contributed by atoms with Crippen LogP contribution < -0.4 is 5.43 Å². The number of hydrogen-bond donors (Lipinski definition) is 1. The van der Waals surface area contributed by atoms with Gasteiger partial charge in [-0.15, -0.1) is 0 Å². The quantitative estimate of drug-likeness (QED) is 0.227. The number of carbonyl (C=O) groups is 3. The summed E-state index contributed by atoms with van der Waals surface area (Å²) in [6, 6.07) is 35.1. The number of hydrogen-bond acceptors (Lipinski definition) is 4. The number of amides is 3. The van der Waals surface area contributed by atoms with Gasteiger partial charge in [0.1, 0.15) is 0 Å². The second-order valence-corrected chi connectivity index (χ2v) is 10.7. The van der Waals surface area contributed by atoms with Crippen molar-refractivity contribution >= 4 is 23.9 Å². The first-order valence-corrected chi connectivity index (χ1v) is 13.5. The van der Waals surface area contributed by atoms with Gasteiger partial charge in [0.05, 0.1) is 30.2 Å². The number of benzene rings is 4. The monoisotopic (exact) mass is 525 g/mol. The highest BCUT2D eigenvalue weighted by Crippen LogP contribution is 2.63. The van der Waals surface area contributed by atoms with E-state index < -0.39 is 17.3 Å². The minimum atomic E-state index is -0.995. The Labute approximate surface area is 232 Å². The van der Waals surface area contributed by atoms with E-state index in [-0.39, 0.29) is 36.6 Å². The van der Waals surface area contributed by atoms with Crippen LogP contribution in [0.25, 0.3) is 0 Å². The Morgan fingerprint density at radius 2 is 1.30 bits per heavy atom. The molecular formula is C34H27N3O3. The molecular weight excluding hydrogens is 498 g/mol. The van der Waals surface area contributed by atoms with Crippen LogP contribution in [0, 0.1) is 11.8 Å². The average molecular weight is 526 g/mol. The molecule has 0 aromatic heterocycles. The maximum absolute atomic E-state index is 14.3. The van der Waals surface area contributed by atoms with Gasteiger partial charge in [0, 0.05) is 12.1 Å². The molecule has 4 aliphatic rings. The van der Waals surface area contributed by atoms with Crippen LogP contribution in [-0.4, -0.2) is 28.8 Å². The summed E-state index contributed by atoms with van der Waals surface area (Å²) < 4.78 is 0. The molecule has 1 heterocycles. The first kappa shape index (κ1) is 24.2. The van der Waals surface area contributed by atoms with Crippen LogP contribution in [0.4, 0.5) is 0 Å². The van der Waals surface area contributed by atoms with E-state index in [0.29, 0.717) is 0 Å². The normalized spacial score (nSPS) is 24.1. The lowest BCUT2D eigenvalue weighted by Gasteiger charge is -2.52. The summed E-state index contributed by atoms with van der Waals surface area (Å²) in [5.41, 5.74) is 7.48. The maximum atomic E-state index is 14.3. The van der Waals surface area contributed by atoms with E-state index in [1.807, 2.05) is 97.1 Å². The van der Waals surface area contributed by atoms with Crippen molar-refractivity contribution in [2.75, 3.05) is 0 Å². The molecule has 1 saturated heterocycles. The van der Waals surface area contributed by atoms with Gasteiger partial charge in [-0.3, -0.25) is 19.3 Å². The second kappa shape index (κ2) is 9.42. The molecule has 40 heavy (non-hydrogen) atoms. The van der Waals surface area contributed by atoms with E-state index in [2.05, 4.69) is 22.7 Å². The molecule has 0 spiro atoms. The van der Waals surface area contributed by atoms with E-state index in [0.717, 1.165) is 33.4 Å². The molecule has 0 radical (unpaired) electrons. The van der Waals surface area contributed by atoms with Crippen molar-refractivity contribution in [1.82, 2.24) is 10.3 Å². The first-order chi connectivity index (χ1) is 19.6. The predicted molar refractivity (Wildman–Crippen MR) is 151 cm³/mol. The third-order valence-electron chi connectivity index (χ3n) is 8.62. The van der Waals surface area contributed by atoms with Crippen molar-refractivity contribution in [3.63, 3.8) is 0 Å². The van der Waals surface area contributed by atoms with Crippen molar-refractivity contribution in [2.24, 2.45) is 16.9 Å². The molecule has 0 saturated carbocycles. The summed E-state index contributed by atoms with van der Waals surface area (Å²) in [6.07, 6.45) is 1.90. The number of hydrazone groups is 1. The summed E-state index contributed by atoms with van der Waals surface area (Å²) in [4.78, 5) is 42.6. The topological polar surface area (TPSA) is 78.8 Å². The summed E-state index contributed by atoms with van der Waals surface area (Å²) in [7, 11) is 0. The van der Waals surface area contributed by atoms with Gasteiger partial charge >= 0.3 is 0 Å². The van der Waals surface area contributed by atoms with Crippen molar-refractivity contribution in [2.45, 2.75) is 24.3 Å². The maximum Gasteiger partial charge on any atom is 0.244 e. The number of nitrogens with one attached hydrogen (secondary N) is 1.